The number of hydrogen-bond acceptors (Lipinski definition) is 4. The largest absolute Gasteiger partial charge is 0.506 e. The maximum absolute atomic E-state index is 12.5. The van der Waals surface area contributed by atoms with Crippen LogP contribution in [0.4, 0.5) is 5.69 Å². The molecule has 0 aliphatic heterocycles. The van der Waals surface area contributed by atoms with E-state index in [-0.39, 0.29) is 23.4 Å². The van der Waals surface area contributed by atoms with Crippen molar-refractivity contribution < 1.29 is 14.3 Å². The van der Waals surface area contributed by atoms with Crippen LogP contribution in [-0.2, 0) is 6.54 Å². The summed E-state index contributed by atoms with van der Waals surface area (Å²) in [5.41, 5.74) is 6.27. The first-order valence-corrected chi connectivity index (χ1v) is 6.57. The molecule has 0 spiro atoms. The molecule has 0 radical (unpaired) electrons. The van der Waals surface area contributed by atoms with Crippen LogP contribution in [0.5, 0.6) is 5.75 Å². The predicted octanol–water partition coefficient (Wildman–Crippen LogP) is 2.37. The van der Waals surface area contributed by atoms with Gasteiger partial charge in [0.15, 0.2) is 0 Å². The van der Waals surface area contributed by atoms with Crippen LogP contribution in [0.1, 0.15) is 29.0 Å². The van der Waals surface area contributed by atoms with E-state index in [4.69, 9.17) is 10.2 Å². The van der Waals surface area contributed by atoms with E-state index in [2.05, 4.69) is 0 Å². The van der Waals surface area contributed by atoms with Gasteiger partial charge in [0, 0.05) is 11.6 Å². The molecule has 0 unspecified atom stereocenters. The van der Waals surface area contributed by atoms with Gasteiger partial charge in [-0.05, 0) is 43.2 Å². The number of nitrogen functional groups attached to an aromatic ring is 1. The number of nitrogens with two attached hydrogens (primary N) is 1. The molecule has 1 heterocycles. The number of phenolic OH excluding ortho intramolecular Hbond substituents is 1. The SMILES string of the molecule is Nc1ccc(C(=O)N(Cc2ccco2)C2CC2)cc1O. The van der Waals surface area contributed by atoms with Crippen molar-refractivity contribution in [2.24, 2.45) is 0 Å². The summed E-state index contributed by atoms with van der Waals surface area (Å²) < 4.78 is 5.31. The number of carbonyl (C=O) groups excluding carboxylic acids is 1. The smallest absolute Gasteiger partial charge is 0.254 e. The minimum absolute atomic E-state index is 0.0652. The molecule has 0 bridgehead atoms. The molecule has 104 valence electrons. The molecule has 1 aliphatic rings. The molecule has 5 nitrogen and oxygen atoms in total. The van der Waals surface area contributed by atoms with Gasteiger partial charge in [-0.3, -0.25) is 4.79 Å². The third-order valence-corrected chi connectivity index (χ3v) is 3.43. The van der Waals surface area contributed by atoms with Crippen LogP contribution in [-0.4, -0.2) is 22.0 Å². The topological polar surface area (TPSA) is 79.7 Å². The third kappa shape index (κ3) is 2.47. The van der Waals surface area contributed by atoms with Crippen LogP contribution in [0.15, 0.2) is 41.0 Å². The summed E-state index contributed by atoms with van der Waals surface area (Å²) in [7, 11) is 0. The van der Waals surface area contributed by atoms with Gasteiger partial charge in [0.2, 0.25) is 0 Å². The highest BCUT2D eigenvalue weighted by molar-refractivity contribution is 5.95. The van der Waals surface area contributed by atoms with Crippen LogP contribution in [0.2, 0.25) is 0 Å². The van der Waals surface area contributed by atoms with Gasteiger partial charge in [-0.2, -0.15) is 0 Å². The van der Waals surface area contributed by atoms with Crippen molar-refractivity contribution >= 4 is 11.6 Å². The molecule has 0 saturated heterocycles. The number of aromatic hydroxyl groups is 1. The second-order valence-electron chi connectivity index (χ2n) is 5.02. The summed E-state index contributed by atoms with van der Waals surface area (Å²) in [6.45, 7) is 0.446. The summed E-state index contributed by atoms with van der Waals surface area (Å²) in [6.07, 6.45) is 3.61. The first-order chi connectivity index (χ1) is 9.65. The molecule has 1 aliphatic carbocycles. The van der Waals surface area contributed by atoms with Gasteiger partial charge in [0.1, 0.15) is 11.5 Å². The first kappa shape index (κ1) is 12.6. The van der Waals surface area contributed by atoms with Crippen LogP contribution in [0.25, 0.3) is 0 Å². The van der Waals surface area contributed by atoms with Crippen molar-refractivity contribution in [2.75, 3.05) is 5.73 Å². The van der Waals surface area contributed by atoms with Crippen molar-refractivity contribution in [3.8, 4) is 5.75 Å². The minimum atomic E-state index is -0.112. The van der Waals surface area contributed by atoms with Crippen molar-refractivity contribution in [3.05, 3.63) is 47.9 Å². The minimum Gasteiger partial charge on any atom is -0.506 e. The van der Waals surface area contributed by atoms with E-state index < -0.39 is 0 Å². The molecule has 3 rings (SSSR count). The van der Waals surface area contributed by atoms with Crippen LogP contribution >= 0.6 is 0 Å². The molecule has 5 heteroatoms. The fourth-order valence-corrected chi connectivity index (χ4v) is 2.17. The van der Waals surface area contributed by atoms with Gasteiger partial charge in [-0.1, -0.05) is 0 Å². The van der Waals surface area contributed by atoms with Crippen molar-refractivity contribution in [2.45, 2.75) is 25.4 Å². The molecule has 1 saturated carbocycles. The van der Waals surface area contributed by atoms with Gasteiger partial charge in [-0.15, -0.1) is 0 Å². The molecule has 3 N–H and O–H groups in total. The lowest BCUT2D eigenvalue weighted by molar-refractivity contribution is 0.0717. The Morgan fingerprint density at radius 3 is 2.80 bits per heavy atom. The molecule has 1 aromatic carbocycles. The summed E-state index contributed by atoms with van der Waals surface area (Å²) in [5, 5.41) is 9.63. The molecule has 2 aromatic rings. The predicted molar refractivity (Wildman–Crippen MR) is 74.1 cm³/mol. The monoisotopic (exact) mass is 272 g/mol. The number of hydrogen-bond donors (Lipinski definition) is 2. The van der Waals surface area contributed by atoms with Gasteiger partial charge in [0.25, 0.3) is 5.91 Å². The first-order valence-electron chi connectivity index (χ1n) is 6.57. The van der Waals surface area contributed by atoms with Crippen molar-refractivity contribution in [1.82, 2.24) is 4.90 Å². The Bertz CT molecular complexity index is 618. The molecule has 1 fully saturated rings. The molecular formula is C15H16N2O3. The number of phenols is 1. The Hall–Kier alpha value is -2.43. The molecular weight excluding hydrogens is 256 g/mol. The normalized spacial score (nSPS) is 14.2. The van der Waals surface area contributed by atoms with Crippen molar-refractivity contribution in [1.29, 1.82) is 0 Å². The molecule has 1 aromatic heterocycles. The highest BCUT2D eigenvalue weighted by Gasteiger charge is 2.33. The lowest BCUT2D eigenvalue weighted by Gasteiger charge is -2.21. The van der Waals surface area contributed by atoms with Gasteiger partial charge < -0.3 is 20.2 Å². The average molecular weight is 272 g/mol. The van der Waals surface area contributed by atoms with E-state index in [0.717, 1.165) is 18.6 Å². The van der Waals surface area contributed by atoms with Crippen molar-refractivity contribution in [3.63, 3.8) is 0 Å². The molecule has 20 heavy (non-hydrogen) atoms. The van der Waals surface area contributed by atoms with E-state index in [1.54, 1.807) is 29.4 Å². The van der Waals surface area contributed by atoms with Crippen LogP contribution < -0.4 is 5.73 Å². The number of nitrogens with zero attached hydrogens (tertiary/aromatic N) is 1. The number of anilines is 1. The fraction of sp³-hybridized carbons (Fsp3) is 0.267. The highest BCUT2D eigenvalue weighted by atomic mass is 16.3. The van der Waals surface area contributed by atoms with E-state index in [0.29, 0.717) is 12.1 Å². The van der Waals surface area contributed by atoms with E-state index >= 15 is 0 Å². The third-order valence-electron chi connectivity index (χ3n) is 3.43. The number of benzene rings is 1. The zero-order chi connectivity index (χ0) is 14.1. The number of rotatable bonds is 4. The summed E-state index contributed by atoms with van der Waals surface area (Å²) >= 11 is 0. The van der Waals surface area contributed by atoms with Gasteiger partial charge in [0.05, 0.1) is 18.5 Å². The Morgan fingerprint density at radius 1 is 1.40 bits per heavy atom. The lowest BCUT2D eigenvalue weighted by Crippen LogP contribution is -2.32. The van der Waals surface area contributed by atoms with E-state index in [1.807, 2.05) is 6.07 Å². The van der Waals surface area contributed by atoms with Gasteiger partial charge >= 0.3 is 0 Å². The Morgan fingerprint density at radius 2 is 2.20 bits per heavy atom. The maximum Gasteiger partial charge on any atom is 0.254 e. The van der Waals surface area contributed by atoms with E-state index in [9.17, 15) is 9.90 Å². The Kier molecular flexibility index (Phi) is 3.10. The molecule has 0 atom stereocenters. The quantitative estimate of drug-likeness (QED) is 0.661. The summed E-state index contributed by atoms with van der Waals surface area (Å²) in [5.74, 6) is 0.578. The Labute approximate surface area is 116 Å². The number of carbonyl (C=O) groups is 1. The number of furan rings is 1. The summed E-state index contributed by atoms with van der Waals surface area (Å²) in [4.78, 5) is 14.3. The van der Waals surface area contributed by atoms with Crippen LogP contribution in [0.3, 0.4) is 0 Å². The average Bonchev–Trinajstić information content (AvgIpc) is 3.15. The summed E-state index contributed by atoms with van der Waals surface area (Å²) in [6, 6.07) is 8.50. The fourth-order valence-electron chi connectivity index (χ4n) is 2.17. The zero-order valence-electron chi connectivity index (χ0n) is 11.0. The Balaban J connectivity index is 1.83. The highest BCUT2D eigenvalue weighted by Crippen LogP contribution is 2.31. The maximum atomic E-state index is 12.5. The van der Waals surface area contributed by atoms with Crippen LogP contribution in [0, 0.1) is 0 Å². The number of amides is 1. The zero-order valence-corrected chi connectivity index (χ0v) is 11.0. The second kappa shape index (κ2) is 4.92. The second-order valence-corrected chi connectivity index (χ2v) is 5.02. The van der Waals surface area contributed by atoms with E-state index in [1.165, 1.54) is 6.07 Å². The van der Waals surface area contributed by atoms with Gasteiger partial charge in [-0.25, -0.2) is 0 Å². The molecule has 1 amide bonds. The standard InChI is InChI=1S/C15H16N2O3/c16-13-6-3-10(8-14(13)18)15(19)17(11-4-5-11)9-12-2-1-7-20-12/h1-3,6-8,11,18H,4-5,9,16H2. The lowest BCUT2D eigenvalue weighted by atomic mass is 10.1.